The van der Waals surface area contributed by atoms with Crippen LogP contribution >= 0.6 is 22.7 Å². The van der Waals surface area contributed by atoms with E-state index in [1.807, 2.05) is 23.8 Å². The number of halogens is 1. The predicted octanol–water partition coefficient (Wildman–Crippen LogP) is 4.57. The van der Waals surface area contributed by atoms with Gasteiger partial charge in [0.2, 0.25) is 0 Å². The Bertz CT molecular complexity index is 781. The molecule has 21 heavy (non-hydrogen) atoms. The smallest absolute Gasteiger partial charge is 0.275 e. The van der Waals surface area contributed by atoms with Gasteiger partial charge in [0.1, 0.15) is 16.5 Å². The number of nitrogens with zero attached hydrogens (tertiary/aromatic N) is 1. The third kappa shape index (κ3) is 3.01. The third-order valence-corrected chi connectivity index (χ3v) is 4.45. The van der Waals surface area contributed by atoms with E-state index in [-0.39, 0.29) is 5.69 Å². The van der Waals surface area contributed by atoms with Crippen LogP contribution in [0, 0.1) is 12.7 Å². The largest absolute Gasteiger partial charge is 0.318 e. The molecule has 106 valence electrons. The number of carbonyl (C=O) groups is 1. The molecule has 6 heteroatoms. The van der Waals surface area contributed by atoms with Crippen LogP contribution in [-0.2, 0) is 0 Å². The van der Waals surface area contributed by atoms with Crippen molar-refractivity contribution in [3.63, 3.8) is 0 Å². The van der Waals surface area contributed by atoms with Gasteiger partial charge in [-0.25, -0.2) is 9.37 Å². The van der Waals surface area contributed by atoms with Crippen LogP contribution in [0.3, 0.4) is 0 Å². The first kappa shape index (κ1) is 13.9. The van der Waals surface area contributed by atoms with Crippen molar-refractivity contribution < 1.29 is 9.18 Å². The highest BCUT2D eigenvalue weighted by Gasteiger charge is 2.14. The zero-order valence-electron chi connectivity index (χ0n) is 11.1. The van der Waals surface area contributed by atoms with Crippen molar-refractivity contribution in [3.05, 3.63) is 57.5 Å². The number of hydrogen-bond donors (Lipinski definition) is 1. The highest BCUT2D eigenvalue weighted by atomic mass is 32.1. The van der Waals surface area contributed by atoms with E-state index in [2.05, 4.69) is 10.3 Å². The Kier molecular flexibility index (Phi) is 3.81. The maximum absolute atomic E-state index is 13.6. The van der Waals surface area contributed by atoms with E-state index >= 15 is 0 Å². The lowest BCUT2D eigenvalue weighted by molar-refractivity contribution is 0.102. The predicted molar refractivity (Wildman–Crippen MR) is 84.5 cm³/mol. The summed E-state index contributed by atoms with van der Waals surface area (Å²) in [7, 11) is 0. The first-order valence-electron chi connectivity index (χ1n) is 6.19. The molecule has 1 aromatic carbocycles. The third-order valence-electron chi connectivity index (χ3n) is 2.88. The molecule has 2 aromatic heterocycles. The SMILES string of the molecule is Cc1ccc(F)c(NC(=O)c2csc(-c3ccsc3)n2)c1. The Morgan fingerprint density at radius 2 is 2.14 bits per heavy atom. The molecular weight excluding hydrogens is 307 g/mol. The van der Waals surface area contributed by atoms with Gasteiger partial charge in [-0.3, -0.25) is 4.79 Å². The van der Waals surface area contributed by atoms with E-state index in [1.54, 1.807) is 28.8 Å². The molecule has 0 spiro atoms. The highest BCUT2D eigenvalue weighted by Crippen LogP contribution is 2.26. The molecule has 3 rings (SSSR count). The second kappa shape index (κ2) is 5.75. The van der Waals surface area contributed by atoms with Crippen molar-refractivity contribution in [1.29, 1.82) is 0 Å². The van der Waals surface area contributed by atoms with E-state index in [4.69, 9.17) is 0 Å². The summed E-state index contributed by atoms with van der Waals surface area (Å²) in [5.74, 6) is -0.862. The lowest BCUT2D eigenvalue weighted by Crippen LogP contribution is -2.13. The van der Waals surface area contributed by atoms with Crippen molar-refractivity contribution in [2.45, 2.75) is 6.92 Å². The molecule has 0 atom stereocenters. The Labute approximate surface area is 129 Å². The lowest BCUT2D eigenvalue weighted by atomic mass is 10.2. The number of hydrogen-bond acceptors (Lipinski definition) is 4. The molecule has 0 fully saturated rings. The molecule has 3 nitrogen and oxygen atoms in total. The molecule has 0 aliphatic carbocycles. The van der Waals surface area contributed by atoms with E-state index in [0.29, 0.717) is 5.69 Å². The molecule has 2 heterocycles. The van der Waals surface area contributed by atoms with E-state index in [1.165, 1.54) is 17.4 Å². The van der Waals surface area contributed by atoms with Crippen LogP contribution in [0.5, 0.6) is 0 Å². The van der Waals surface area contributed by atoms with Crippen LogP contribution < -0.4 is 5.32 Å². The summed E-state index contributed by atoms with van der Waals surface area (Å²) < 4.78 is 13.6. The number of rotatable bonds is 3. The monoisotopic (exact) mass is 318 g/mol. The molecule has 1 N–H and O–H groups in total. The minimum atomic E-state index is -0.456. The molecule has 0 bridgehead atoms. The number of thiophene rings is 1. The lowest BCUT2D eigenvalue weighted by Gasteiger charge is -2.05. The van der Waals surface area contributed by atoms with Gasteiger partial charge in [0, 0.05) is 16.3 Å². The fraction of sp³-hybridized carbons (Fsp3) is 0.0667. The van der Waals surface area contributed by atoms with Crippen molar-refractivity contribution in [2.75, 3.05) is 5.32 Å². The number of aromatic nitrogens is 1. The van der Waals surface area contributed by atoms with E-state index in [0.717, 1.165) is 16.1 Å². The number of nitrogens with one attached hydrogen (secondary N) is 1. The summed E-state index contributed by atoms with van der Waals surface area (Å²) in [5.41, 5.74) is 2.34. The second-order valence-corrected chi connectivity index (χ2v) is 6.13. The fourth-order valence-electron chi connectivity index (χ4n) is 1.82. The molecule has 0 saturated heterocycles. The van der Waals surface area contributed by atoms with Crippen LogP contribution in [0.1, 0.15) is 16.1 Å². The average Bonchev–Trinajstić information content (AvgIpc) is 3.12. The first-order chi connectivity index (χ1) is 10.1. The van der Waals surface area contributed by atoms with Crippen molar-refractivity contribution in [1.82, 2.24) is 4.98 Å². The summed E-state index contributed by atoms with van der Waals surface area (Å²) in [4.78, 5) is 16.4. The van der Waals surface area contributed by atoms with Gasteiger partial charge in [-0.05, 0) is 36.1 Å². The van der Waals surface area contributed by atoms with Crippen LogP contribution in [0.2, 0.25) is 0 Å². The molecule has 1 amide bonds. The van der Waals surface area contributed by atoms with Crippen LogP contribution in [0.4, 0.5) is 10.1 Å². The van der Waals surface area contributed by atoms with Crippen LogP contribution in [0.15, 0.2) is 40.4 Å². The van der Waals surface area contributed by atoms with Crippen LogP contribution in [0.25, 0.3) is 10.6 Å². The van der Waals surface area contributed by atoms with E-state index < -0.39 is 11.7 Å². The van der Waals surface area contributed by atoms with E-state index in [9.17, 15) is 9.18 Å². The van der Waals surface area contributed by atoms with Gasteiger partial charge < -0.3 is 5.32 Å². The summed E-state index contributed by atoms with van der Waals surface area (Å²) in [6.07, 6.45) is 0. The standard InChI is InChI=1S/C15H11FN2OS2/c1-9-2-3-11(16)12(6-9)17-14(19)13-8-21-15(18-13)10-4-5-20-7-10/h2-8H,1H3,(H,17,19). The molecule has 0 unspecified atom stereocenters. The summed E-state index contributed by atoms with van der Waals surface area (Å²) >= 11 is 2.97. The Morgan fingerprint density at radius 3 is 2.90 bits per heavy atom. The first-order valence-corrected chi connectivity index (χ1v) is 8.01. The Balaban J connectivity index is 1.81. The van der Waals surface area contributed by atoms with Gasteiger partial charge in [-0.2, -0.15) is 11.3 Å². The van der Waals surface area contributed by atoms with Crippen molar-refractivity contribution in [3.8, 4) is 10.6 Å². The Morgan fingerprint density at radius 1 is 1.29 bits per heavy atom. The second-order valence-electron chi connectivity index (χ2n) is 4.49. The quantitative estimate of drug-likeness (QED) is 0.768. The molecule has 0 aliphatic rings. The molecule has 0 saturated carbocycles. The van der Waals surface area contributed by atoms with Gasteiger partial charge in [-0.15, -0.1) is 11.3 Å². The number of carbonyl (C=O) groups excluding carboxylic acids is 1. The number of aryl methyl sites for hydroxylation is 1. The van der Waals surface area contributed by atoms with Gasteiger partial charge in [0.05, 0.1) is 5.69 Å². The maximum atomic E-state index is 13.6. The summed E-state index contributed by atoms with van der Waals surface area (Å²) in [6, 6.07) is 6.54. The molecule has 0 radical (unpaired) electrons. The minimum Gasteiger partial charge on any atom is -0.318 e. The van der Waals surface area contributed by atoms with Gasteiger partial charge in [-0.1, -0.05) is 6.07 Å². The minimum absolute atomic E-state index is 0.171. The number of benzene rings is 1. The zero-order chi connectivity index (χ0) is 14.8. The fourth-order valence-corrected chi connectivity index (χ4v) is 3.33. The van der Waals surface area contributed by atoms with Crippen molar-refractivity contribution in [2.24, 2.45) is 0 Å². The summed E-state index contributed by atoms with van der Waals surface area (Å²) in [5, 5.41) is 8.95. The Hall–Kier alpha value is -2.05. The van der Waals surface area contributed by atoms with Gasteiger partial charge >= 0.3 is 0 Å². The number of anilines is 1. The topological polar surface area (TPSA) is 42.0 Å². The highest BCUT2D eigenvalue weighted by molar-refractivity contribution is 7.14. The van der Waals surface area contributed by atoms with Crippen LogP contribution in [-0.4, -0.2) is 10.9 Å². The number of thiazole rings is 1. The zero-order valence-corrected chi connectivity index (χ0v) is 12.7. The number of amides is 1. The molecule has 0 aliphatic heterocycles. The normalized spacial score (nSPS) is 10.6. The maximum Gasteiger partial charge on any atom is 0.275 e. The average molecular weight is 318 g/mol. The summed E-state index contributed by atoms with van der Waals surface area (Å²) in [6.45, 7) is 1.84. The molecular formula is C15H11FN2OS2. The molecule has 3 aromatic rings. The van der Waals surface area contributed by atoms with Crippen molar-refractivity contribution >= 4 is 34.3 Å². The van der Waals surface area contributed by atoms with Gasteiger partial charge in [0.15, 0.2) is 0 Å². The van der Waals surface area contributed by atoms with Gasteiger partial charge in [0.25, 0.3) is 5.91 Å².